The molecule has 0 amide bonds. The minimum Gasteiger partial charge on any atom is -0.508 e. The summed E-state index contributed by atoms with van der Waals surface area (Å²) in [5, 5.41) is 16.9. The molecule has 3 rings (SSSR count). The van der Waals surface area contributed by atoms with E-state index in [9.17, 15) is 5.11 Å². The molecule has 0 saturated heterocycles. The quantitative estimate of drug-likeness (QED) is 0.745. The van der Waals surface area contributed by atoms with E-state index in [1.54, 1.807) is 24.8 Å². The predicted octanol–water partition coefficient (Wildman–Crippen LogP) is 2.64. The van der Waals surface area contributed by atoms with Gasteiger partial charge in [-0.2, -0.15) is 0 Å². The van der Waals surface area contributed by atoms with Crippen LogP contribution in [0.5, 0.6) is 5.75 Å². The number of rotatable bonds is 2. The highest BCUT2D eigenvalue weighted by molar-refractivity contribution is 5.66. The van der Waals surface area contributed by atoms with Gasteiger partial charge in [0.05, 0.1) is 0 Å². The third-order valence-electron chi connectivity index (χ3n) is 2.76. The van der Waals surface area contributed by atoms with Crippen molar-refractivity contribution >= 4 is 0 Å². The van der Waals surface area contributed by atoms with Crippen molar-refractivity contribution in [1.82, 2.24) is 14.8 Å². The highest BCUT2D eigenvalue weighted by Crippen LogP contribution is 2.23. The molecule has 1 N–H and O–H groups in total. The van der Waals surface area contributed by atoms with Crippen LogP contribution in [-0.4, -0.2) is 19.9 Å². The van der Waals surface area contributed by atoms with Crippen LogP contribution in [0.2, 0.25) is 0 Å². The first kappa shape index (κ1) is 10.5. The molecule has 2 aromatic carbocycles. The minimum atomic E-state index is 0.272. The largest absolute Gasteiger partial charge is 0.508 e. The monoisotopic (exact) mass is 237 g/mol. The standard InChI is InChI=1S/C14H11N3O/c18-14-6-4-11(5-7-14)12-2-1-3-13(8-12)17-9-15-16-10-17/h1-10,18H. The van der Waals surface area contributed by atoms with E-state index in [1.807, 2.05) is 34.9 Å². The zero-order chi connectivity index (χ0) is 12.4. The number of aromatic hydroxyl groups is 1. The summed E-state index contributed by atoms with van der Waals surface area (Å²) >= 11 is 0. The zero-order valence-electron chi connectivity index (χ0n) is 9.56. The molecule has 0 fully saturated rings. The van der Waals surface area contributed by atoms with Gasteiger partial charge < -0.3 is 5.11 Å². The van der Waals surface area contributed by atoms with Gasteiger partial charge in [0.2, 0.25) is 0 Å². The van der Waals surface area contributed by atoms with Crippen molar-refractivity contribution in [2.45, 2.75) is 0 Å². The lowest BCUT2D eigenvalue weighted by Gasteiger charge is -2.05. The lowest BCUT2D eigenvalue weighted by atomic mass is 10.1. The molecule has 3 aromatic rings. The molecule has 0 atom stereocenters. The van der Waals surface area contributed by atoms with E-state index in [1.165, 1.54) is 0 Å². The van der Waals surface area contributed by atoms with Crippen molar-refractivity contribution in [2.75, 3.05) is 0 Å². The highest BCUT2D eigenvalue weighted by Gasteiger charge is 2.01. The maximum atomic E-state index is 9.29. The summed E-state index contributed by atoms with van der Waals surface area (Å²) in [6, 6.07) is 15.2. The summed E-state index contributed by atoms with van der Waals surface area (Å²) in [7, 11) is 0. The first-order chi connectivity index (χ1) is 8.83. The summed E-state index contributed by atoms with van der Waals surface area (Å²) in [4.78, 5) is 0. The summed E-state index contributed by atoms with van der Waals surface area (Å²) in [5.74, 6) is 0.272. The highest BCUT2D eigenvalue weighted by atomic mass is 16.3. The number of aromatic nitrogens is 3. The van der Waals surface area contributed by atoms with Crippen molar-refractivity contribution in [3.05, 3.63) is 61.2 Å². The molecular weight excluding hydrogens is 226 g/mol. The van der Waals surface area contributed by atoms with Crippen molar-refractivity contribution < 1.29 is 5.11 Å². The fraction of sp³-hybridized carbons (Fsp3) is 0. The molecule has 0 aliphatic rings. The van der Waals surface area contributed by atoms with Crippen molar-refractivity contribution in [1.29, 1.82) is 0 Å². The van der Waals surface area contributed by atoms with Gasteiger partial charge >= 0.3 is 0 Å². The van der Waals surface area contributed by atoms with Gasteiger partial charge in [-0.25, -0.2) is 0 Å². The molecule has 1 heterocycles. The number of hydrogen-bond donors (Lipinski definition) is 1. The van der Waals surface area contributed by atoms with Crippen LogP contribution in [-0.2, 0) is 0 Å². The molecule has 0 aliphatic heterocycles. The van der Waals surface area contributed by atoms with E-state index in [4.69, 9.17) is 0 Å². The molecule has 18 heavy (non-hydrogen) atoms. The van der Waals surface area contributed by atoms with Crippen LogP contribution < -0.4 is 0 Å². The van der Waals surface area contributed by atoms with Gasteiger partial charge in [0.25, 0.3) is 0 Å². The molecule has 4 nitrogen and oxygen atoms in total. The summed E-state index contributed by atoms with van der Waals surface area (Å²) < 4.78 is 1.85. The van der Waals surface area contributed by atoms with Gasteiger partial charge in [0.15, 0.2) is 0 Å². The first-order valence-corrected chi connectivity index (χ1v) is 5.57. The number of nitrogens with zero attached hydrogens (tertiary/aromatic N) is 3. The Balaban J connectivity index is 2.03. The van der Waals surface area contributed by atoms with E-state index in [-0.39, 0.29) is 5.75 Å². The van der Waals surface area contributed by atoms with E-state index < -0.39 is 0 Å². The van der Waals surface area contributed by atoms with Gasteiger partial charge in [0, 0.05) is 5.69 Å². The second-order valence-corrected chi connectivity index (χ2v) is 3.97. The van der Waals surface area contributed by atoms with Gasteiger partial charge in [-0.1, -0.05) is 24.3 Å². The fourth-order valence-electron chi connectivity index (χ4n) is 1.83. The topological polar surface area (TPSA) is 50.9 Å². The molecule has 88 valence electrons. The molecule has 0 spiro atoms. The Morgan fingerprint density at radius 3 is 2.28 bits per heavy atom. The molecule has 0 radical (unpaired) electrons. The molecule has 0 saturated carbocycles. The van der Waals surface area contributed by atoms with E-state index in [0.717, 1.165) is 16.8 Å². The summed E-state index contributed by atoms with van der Waals surface area (Å²) in [6.45, 7) is 0. The van der Waals surface area contributed by atoms with Crippen molar-refractivity contribution in [3.8, 4) is 22.6 Å². The van der Waals surface area contributed by atoms with Crippen LogP contribution in [0.1, 0.15) is 0 Å². The molecule has 0 aliphatic carbocycles. The lowest BCUT2D eigenvalue weighted by molar-refractivity contribution is 0.475. The average Bonchev–Trinajstić information content (AvgIpc) is 2.94. The Morgan fingerprint density at radius 1 is 0.833 bits per heavy atom. The minimum absolute atomic E-state index is 0.272. The third-order valence-corrected chi connectivity index (χ3v) is 2.76. The van der Waals surface area contributed by atoms with Crippen molar-refractivity contribution in [2.24, 2.45) is 0 Å². The Bertz CT molecular complexity index is 645. The Labute approximate surface area is 104 Å². The van der Waals surface area contributed by atoms with E-state index in [2.05, 4.69) is 16.3 Å². The molecule has 1 aromatic heterocycles. The smallest absolute Gasteiger partial charge is 0.123 e. The number of phenolic OH excluding ortho intramolecular Hbond substituents is 1. The normalized spacial score (nSPS) is 10.4. The van der Waals surface area contributed by atoms with Crippen LogP contribution in [0.3, 0.4) is 0 Å². The first-order valence-electron chi connectivity index (χ1n) is 5.57. The van der Waals surface area contributed by atoms with Crippen LogP contribution in [0.15, 0.2) is 61.2 Å². The average molecular weight is 237 g/mol. The van der Waals surface area contributed by atoms with E-state index >= 15 is 0 Å². The van der Waals surface area contributed by atoms with Gasteiger partial charge in [-0.05, 0) is 35.4 Å². The summed E-state index contributed by atoms with van der Waals surface area (Å²) in [5.41, 5.74) is 3.15. The second-order valence-electron chi connectivity index (χ2n) is 3.97. The third kappa shape index (κ3) is 1.96. The molecule has 4 heteroatoms. The van der Waals surface area contributed by atoms with Crippen molar-refractivity contribution in [3.63, 3.8) is 0 Å². The zero-order valence-corrected chi connectivity index (χ0v) is 9.56. The number of benzene rings is 2. The molecular formula is C14H11N3O. The fourth-order valence-corrected chi connectivity index (χ4v) is 1.83. The Hall–Kier alpha value is -2.62. The van der Waals surface area contributed by atoms with E-state index in [0.29, 0.717) is 0 Å². The van der Waals surface area contributed by atoms with Crippen LogP contribution in [0.25, 0.3) is 16.8 Å². The molecule has 0 unspecified atom stereocenters. The van der Waals surface area contributed by atoms with Gasteiger partial charge in [0.1, 0.15) is 18.4 Å². The molecule has 0 bridgehead atoms. The summed E-state index contributed by atoms with van der Waals surface area (Å²) in [6.07, 6.45) is 3.33. The van der Waals surface area contributed by atoms with Crippen LogP contribution in [0, 0.1) is 0 Å². The lowest BCUT2D eigenvalue weighted by Crippen LogP contribution is -1.90. The van der Waals surface area contributed by atoms with Crippen LogP contribution in [0.4, 0.5) is 0 Å². The number of hydrogen-bond acceptors (Lipinski definition) is 3. The van der Waals surface area contributed by atoms with Crippen LogP contribution >= 0.6 is 0 Å². The predicted molar refractivity (Wildman–Crippen MR) is 68.5 cm³/mol. The maximum absolute atomic E-state index is 9.29. The van der Waals surface area contributed by atoms with Gasteiger partial charge in [-0.3, -0.25) is 4.57 Å². The Kier molecular flexibility index (Phi) is 2.53. The Morgan fingerprint density at radius 2 is 1.56 bits per heavy atom. The number of phenols is 1. The van der Waals surface area contributed by atoms with Gasteiger partial charge in [-0.15, -0.1) is 10.2 Å². The second kappa shape index (κ2) is 4.33. The SMILES string of the molecule is Oc1ccc(-c2cccc(-n3cnnc3)c2)cc1. The maximum Gasteiger partial charge on any atom is 0.123 e.